The molecule has 8 heteroatoms. The Labute approximate surface area is 119 Å². The van der Waals surface area contributed by atoms with Gasteiger partial charge >= 0.3 is 5.97 Å². The lowest BCUT2D eigenvalue weighted by Gasteiger charge is -2.17. The fourth-order valence-electron chi connectivity index (χ4n) is 2.08. The van der Waals surface area contributed by atoms with Crippen LogP contribution in [0.1, 0.15) is 22.0 Å². The van der Waals surface area contributed by atoms with Gasteiger partial charge in [0, 0.05) is 22.0 Å². The van der Waals surface area contributed by atoms with Gasteiger partial charge in [-0.15, -0.1) is 0 Å². The molecule has 1 aromatic carbocycles. The molecule has 0 aliphatic carbocycles. The lowest BCUT2D eigenvalue weighted by atomic mass is 9.99. The molecule has 0 radical (unpaired) electrons. The van der Waals surface area contributed by atoms with E-state index in [1.165, 1.54) is 13.2 Å². The smallest absolute Gasteiger partial charge is 0.338 e. The van der Waals surface area contributed by atoms with Crippen LogP contribution in [0.2, 0.25) is 0 Å². The first-order valence-corrected chi connectivity index (χ1v) is 6.14. The lowest BCUT2D eigenvalue weighted by molar-refractivity contribution is 0.0243. The van der Waals surface area contributed by atoms with Crippen LogP contribution in [0.3, 0.4) is 0 Å². The second-order valence-electron chi connectivity index (χ2n) is 4.42. The van der Waals surface area contributed by atoms with E-state index in [4.69, 9.17) is 10.3 Å². The Hall–Kier alpha value is -2.54. The van der Waals surface area contributed by atoms with Gasteiger partial charge in [-0.2, -0.15) is 0 Å². The third kappa shape index (κ3) is 2.97. The standard InChI is InChI=1S/C13H14N4O4/c1-21-13(20)9-4-7(5-10-8(9)2-3-15-10)12(19)11(18)6-16-17-14/h2-5,11-12,15,18-19H,6H2,1H3. The number of azide groups is 1. The Kier molecular flexibility index (Phi) is 4.44. The Morgan fingerprint density at radius 2 is 2.29 bits per heavy atom. The molecule has 1 heterocycles. The van der Waals surface area contributed by atoms with Crippen molar-refractivity contribution in [2.45, 2.75) is 12.2 Å². The number of rotatable bonds is 5. The predicted octanol–water partition coefficient (Wildman–Crippen LogP) is 1.66. The summed E-state index contributed by atoms with van der Waals surface area (Å²) in [4.78, 5) is 17.3. The van der Waals surface area contributed by atoms with E-state index in [9.17, 15) is 15.0 Å². The number of H-pyrrole nitrogens is 1. The van der Waals surface area contributed by atoms with Crippen molar-refractivity contribution in [3.63, 3.8) is 0 Å². The summed E-state index contributed by atoms with van der Waals surface area (Å²) >= 11 is 0. The predicted molar refractivity (Wildman–Crippen MR) is 74.6 cm³/mol. The molecule has 1 aromatic heterocycles. The van der Waals surface area contributed by atoms with Crippen molar-refractivity contribution in [2.24, 2.45) is 5.11 Å². The topological polar surface area (TPSA) is 131 Å². The van der Waals surface area contributed by atoms with Crippen LogP contribution >= 0.6 is 0 Å². The Balaban J connectivity index is 2.44. The molecule has 2 aromatic rings. The number of aromatic nitrogens is 1. The van der Waals surface area contributed by atoms with Crippen LogP contribution in [0, 0.1) is 0 Å². The lowest BCUT2D eigenvalue weighted by Crippen LogP contribution is -2.21. The molecule has 0 spiro atoms. The number of nitrogens with one attached hydrogen (secondary N) is 1. The number of aliphatic hydroxyl groups is 2. The third-order valence-corrected chi connectivity index (χ3v) is 3.13. The highest BCUT2D eigenvalue weighted by molar-refractivity contribution is 6.04. The monoisotopic (exact) mass is 290 g/mol. The van der Waals surface area contributed by atoms with Crippen molar-refractivity contribution >= 4 is 16.9 Å². The van der Waals surface area contributed by atoms with E-state index < -0.39 is 18.2 Å². The highest BCUT2D eigenvalue weighted by Gasteiger charge is 2.21. The summed E-state index contributed by atoms with van der Waals surface area (Å²) in [6.45, 7) is -0.270. The molecular weight excluding hydrogens is 276 g/mol. The second kappa shape index (κ2) is 6.27. The molecule has 2 atom stereocenters. The minimum atomic E-state index is -1.29. The largest absolute Gasteiger partial charge is 0.465 e. The van der Waals surface area contributed by atoms with E-state index in [-0.39, 0.29) is 12.1 Å². The Morgan fingerprint density at radius 1 is 1.52 bits per heavy atom. The zero-order chi connectivity index (χ0) is 15.4. The first-order chi connectivity index (χ1) is 10.1. The van der Waals surface area contributed by atoms with E-state index >= 15 is 0 Å². The summed E-state index contributed by atoms with van der Waals surface area (Å²) in [6.07, 6.45) is -0.894. The van der Waals surface area contributed by atoms with Gasteiger partial charge in [-0.05, 0) is 29.3 Å². The summed E-state index contributed by atoms with van der Waals surface area (Å²) in [5.74, 6) is -0.543. The normalized spacial score (nSPS) is 13.5. The number of nitrogens with zero attached hydrogens (tertiary/aromatic N) is 3. The molecule has 0 saturated heterocycles. The highest BCUT2D eigenvalue weighted by Crippen LogP contribution is 2.26. The van der Waals surface area contributed by atoms with E-state index in [1.54, 1.807) is 18.3 Å². The number of carbonyl (C=O) groups is 1. The first kappa shape index (κ1) is 14.9. The molecular formula is C13H14N4O4. The van der Waals surface area contributed by atoms with E-state index in [2.05, 4.69) is 15.0 Å². The van der Waals surface area contributed by atoms with Crippen molar-refractivity contribution in [3.8, 4) is 0 Å². The SMILES string of the molecule is COC(=O)c1cc(C(O)C(O)CN=[N+]=[N-])cc2[nH]ccc12. The molecule has 21 heavy (non-hydrogen) atoms. The van der Waals surface area contributed by atoms with Gasteiger partial charge < -0.3 is 19.9 Å². The van der Waals surface area contributed by atoms with Crippen LogP contribution in [-0.2, 0) is 4.74 Å². The number of aromatic amines is 1. The molecule has 0 bridgehead atoms. The highest BCUT2D eigenvalue weighted by atomic mass is 16.5. The Morgan fingerprint density at radius 3 is 2.95 bits per heavy atom. The van der Waals surface area contributed by atoms with Crippen LogP contribution in [-0.4, -0.2) is 40.9 Å². The summed E-state index contributed by atoms with van der Waals surface area (Å²) in [5.41, 5.74) is 9.46. The second-order valence-corrected chi connectivity index (χ2v) is 4.42. The van der Waals surface area contributed by atoms with E-state index in [0.29, 0.717) is 16.5 Å². The molecule has 8 nitrogen and oxygen atoms in total. The minimum Gasteiger partial charge on any atom is -0.465 e. The number of hydrogen-bond acceptors (Lipinski definition) is 5. The maximum Gasteiger partial charge on any atom is 0.338 e. The quantitative estimate of drug-likeness (QED) is 0.334. The number of aliphatic hydroxyl groups excluding tert-OH is 2. The van der Waals surface area contributed by atoms with Gasteiger partial charge in [-0.25, -0.2) is 4.79 Å². The number of hydrogen-bond donors (Lipinski definition) is 3. The molecule has 0 fully saturated rings. The molecule has 2 rings (SSSR count). The van der Waals surface area contributed by atoms with Crippen LogP contribution < -0.4 is 0 Å². The summed E-state index contributed by atoms with van der Waals surface area (Å²) in [6, 6.07) is 4.78. The minimum absolute atomic E-state index is 0.270. The Bertz CT molecular complexity index is 705. The van der Waals surface area contributed by atoms with Gasteiger partial charge in [0.1, 0.15) is 6.10 Å². The van der Waals surface area contributed by atoms with Gasteiger partial charge in [0.25, 0.3) is 0 Å². The summed E-state index contributed by atoms with van der Waals surface area (Å²) < 4.78 is 4.71. The zero-order valence-electron chi connectivity index (χ0n) is 11.2. The number of benzene rings is 1. The molecule has 2 unspecified atom stereocenters. The van der Waals surface area contributed by atoms with Crippen molar-refractivity contribution in [3.05, 3.63) is 46.0 Å². The molecule has 0 amide bonds. The van der Waals surface area contributed by atoms with Gasteiger partial charge in [-0.1, -0.05) is 5.11 Å². The van der Waals surface area contributed by atoms with Gasteiger partial charge in [0.15, 0.2) is 0 Å². The van der Waals surface area contributed by atoms with E-state index in [0.717, 1.165) is 0 Å². The zero-order valence-corrected chi connectivity index (χ0v) is 11.2. The molecule has 0 saturated carbocycles. The van der Waals surface area contributed by atoms with Crippen LogP contribution in [0.15, 0.2) is 29.5 Å². The van der Waals surface area contributed by atoms with Gasteiger partial charge in [-0.3, -0.25) is 0 Å². The van der Waals surface area contributed by atoms with Crippen LogP contribution in [0.25, 0.3) is 21.3 Å². The average Bonchev–Trinajstić information content (AvgIpc) is 2.98. The third-order valence-electron chi connectivity index (χ3n) is 3.13. The van der Waals surface area contributed by atoms with Crippen molar-refractivity contribution in [1.29, 1.82) is 0 Å². The fourth-order valence-corrected chi connectivity index (χ4v) is 2.08. The van der Waals surface area contributed by atoms with Crippen molar-refractivity contribution < 1.29 is 19.7 Å². The number of fused-ring (bicyclic) bond motifs is 1. The number of ether oxygens (including phenoxy) is 1. The maximum atomic E-state index is 11.8. The molecule has 0 aliphatic rings. The first-order valence-electron chi connectivity index (χ1n) is 6.14. The van der Waals surface area contributed by atoms with Gasteiger partial charge in [0.05, 0.1) is 25.3 Å². The molecule has 0 aliphatic heterocycles. The maximum absolute atomic E-state index is 11.8. The summed E-state index contributed by atoms with van der Waals surface area (Å²) in [7, 11) is 1.26. The van der Waals surface area contributed by atoms with E-state index in [1.807, 2.05) is 0 Å². The van der Waals surface area contributed by atoms with Crippen molar-refractivity contribution in [1.82, 2.24) is 4.98 Å². The molecule has 110 valence electrons. The summed E-state index contributed by atoms with van der Waals surface area (Å²) in [5, 5.41) is 23.7. The average molecular weight is 290 g/mol. The molecule has 3 N–H and O–H groups in total. The fraction of sp³-hybridized carbons (Fsp3) is 0.308. The van der Waals surface area contributed by atoms with Crippen LogP contribution in [0.5, 0.6) is 0 Å². The number of methoxy groups -OCH3 is 1. The van der Waals surface area contributed by atoms with Crippen LogP contribution in [0.4, 0.5) is 0 Å². The van der Waals surface area contributed by atoms with Crippen molar-refractivity contribution in [2.75, 3.05) is 13.7 Å². The number of carbonyl (C=O) groups excluding carboxylic acids is 1. The number of esters is 1. The van der Waals surface area contributed by atoms with Gasteiger partial charge in [0.2, 0.25) is 0 Å².